The average Bonchev–Trinajstić information content (AvgIpc) is 2.01. The van der Waals surface area contributed by atoms with Gasteiger partial charge in [-0.05, 0) is 12.8 Å². The molecule has 0 aromatic rings. The van der Waals surface area contributed by atoms with E-state index < -0.39 is 6.03 Å². The summed E-state index contributed by atoms with van der Waals surface area (Å²) in [6, 6.07) is -0.617. The van der Waals surface area contributed by atoms with Crippen LogP contribution < -0.4 is 11.2 Å². The highest BCUT2D eigenvalue weighted by atomic mass is 16.2. The lowest BCUT2D eigenvalue weighted by molar-refractivity contribution is 0.249. The van der Waals surface area contributed by atoms with Gasteiger partial charge in [0.1, 0.15) is 0 Å². The largest absolute Gasteiger partial charge is 0.350 e. The molecular formula is C9H13N3O. The molecule has 70 valence electrons. The van der Waals surface area contributed by atoms with Crippen molar-refractivity contribution in [3.8, 4) is 0 Å². The third-order valence-corrected chi connectivity index (χ3v) is 1.66. The molecule has 0 spiro atoms. The fourth-order valence-corrected chi connectivity index (χ4v) is 1.05. The molecule has 3 N–H and O–H groups in total. The summed E-state index contributed by atoms with van der Waals surface area (Å²) < 4.78 is 0. The Morgan fingerprint density at radius 2 is 2.23 bits per heavy atom. The van der Waals surface area contributed by atoms with Crippen molar-refractivity contribution in [2.75, 3.05) is 0 Å². The molecule has 13 heavy (non-hydrogen) atoms. The summed E-state index contributed by atoms with van der Waals surface area (Å²) >= 11 is 0. The molecule has 0 atom stereocenters. The number of allylic oxidation sites excluding steroid dienone is 4. The van der Waals surface area contributed by atoms with Crippen LogP contribution in [0, 0.1) is 0 Å². The maximum atomic E-state index is 10.4. The minimum Gasteiger partial charge on any atom is -0.350 e. The van der Waals surface area contributed by atoms with Gasteiger partial charge in [-0.25, -0.2) is 10.2 Å². The van der Waals surface area contributed by atoms with Crippen molar-refractivity contribution in [2.24, 2.45) is 10.8 Å². The van der Waals surface area contributed by atoms with Gasteiger partial charge in [-0.1, -0.05) is 24.3 Å². The first-order valence-corrected chi connectivity index (χ1v) is 4.21. The van der Waals surface area contributed by atoms with E-state index >= 15 is 0 Å². The van der Waals surface area contributed by atoms with Crippen LogP contribution in [0.3, 0.4) is 0 Å². The molecule has 2 amide bonds. The molecule has 1 aliphatic rings. The van der Waals surface area contributed by atoms with Crippen LogP contribution in [-0.4, -0.2) is 11.7 Å². The lowest BCUT2D eigenvalue weighted by atomic mass is 10.1. The number of hydrogen-bond acceptors (Lipinski definition) is 2. The summed E-state index contributed by atoms with van der Waals surface area (Å²) in [5, 5.41) is 3.89. The number of primary amides is 1. The number of hydrogen-bond donors (Lipinski definition) is 2. The normalized spacial score (nSPS) is 24.5. The monoisotopic (exact) mass is 179 g/mol. The fourth-order valence-electron chi connectivity index (χ4n) is 1.05. The average molecular weight is 179 g/mol. The first-order valence-electron chi connectivity index (χ1n) is 4.21. The van der Waals surface area contributed by atoms with E-state index in [1.165, 1.54) is 0 Å². The standard InChI is InChI=1S/C9H13N3O/c10-9(13)12-11-8-6-4-2-1-3-5-7-8/h1-4H,5-7H2,(H3,10,12,13)/b3-1-,4-2-,11-8+. The van der Waals surface area contributed by atoms with Gasteiger partial charge in [0, 0.05) is 12.1 Å². The van der Waals surface area contributed by atoms with E-state index in [-0.39, 0.29) is 0 Å². The summed E-state index contributed by atoms with van der Waals surface area (Å²) in [6.45, 7) is 0. The number of urea groups is 1. The summed E-state index contributed by atoms with van der Waals surface area (Å²) in [6.07, 6.45) is 10.6. The molecule has 0 fully saturated rings. The predicted molar refractivity (Wildman–Crippen MR) is 52.3 cm³/mol. The van der Waals surface area contributed by atoms with Crippen LogP contribution in [0.25, 0.3) is 0 Å². The lowest BCUT2D eigenvalue weighted by Crippen LogP contribution is -2.25. The van der Waals surface area contributed by atoms with E-state index in [9.17, 15) is 4.79 Å². The van der Waals surface area contributed by atoms with Crippen LogP contribution in [0.2, 0.25) is 0 Å². The highest BCUT2D eigenvalue weighted by Crippen LogP contribution is 2.03. The van der Waals surface area contributed by atoms with Gasteiger partial charge in [0.25, 0.3) is 0 Å². The van der Waals surface area contributed by atoms with Gasteiger partial charge in [-0.3, -0.25) is 0 Å². The Bertz CT molecular complexity index is 266. The highest BCUT2D eigenvalue weighted by Gasteiger charge is 1.98. The van der Waals surface area contributed by atoms with E-state index in [1.54, 1.807) is 0 Å². The van der Waals surface area contributed by atoms with Crippen LogP contribution >= 0.6 is 0 Å². The number of hydrazone groups is 1. The summed E-state index contributed by atoms with van der Waals surface area (Å²) in [5.74, 6) is 0. The van der Waals surface area contributed by atoms with Crippen molar-refractivity contribution in [1.82, 2.24) is 5.43 Å². The van der Waals surface area contributed by atoms with E-state index in [0.717, 1.165) is 25.0 Å². The van der Waals surface area contributed by atoms with Crippen molar-refractivity contribution in [2.45, 2.75) is 19.3 Å². The molecule has 0 radical (unpaired) electrons. The van der Waals surface area contributed by atoms with Gasteiger partial charge >= 0.3 is 6.03 Å². The van der Waals surface area contributed by atoms with E-state index in [4.69, 9.17) is 5.73 Å². The maximum absolute atomic E-state index is 10.4. The van der Waals surface area contributed by atoms with E-state index in [1.807, 2.05) is 18.2 Å². The van der Waals surface area contributed by atoms with Crippen LogP contribution in [0.4, 0.5) is 4.79 Å². The van der Waals surface area contributed by atoms with Crippen molar-refractivity contribution in [1.29, 1.82) is 0 Å². The number of amides is 2. The number of carbonyl (C=O) groups excluding carboxylic acids is 1. The summed E-state index contributed by atoms with van der Waals surface area (Å²) in [7, 11) is 0. The Hall–Kier alpha value is -1.58. The Morgan fingerprint density at radius 3 is 3.00 bits per heavy atom. The SMILES string of the molecule is NC(=O)N/N=C1\C/C=C\C=C/CC1. The van der Waals surface area contributed by atoms with Crippen LogP contribution in [0.5, 0.6) is 0 Å². The minimum absolute atomic E-state index is 0.617. The topological polar surface area (TPSA) is 67.5 Å². The molecule has 0 aliphatic heterocycles. The molecule has 0 bridgehead atoms. The summed E-state index contributed by atoms with van der Waals surface area (Å²) in [5.41, 5.74) is 8.07. The molecule has 0 heterocycles. The van der Waals surface area contributed by atoms with Gasteiger partial charge in [-0.2, -0.15) is 5.10 Å². The Kier molecular flexibility index (Phi) is 3.75. The molecule has 0 aromatic carbocycles. The maximum Gasteiger partial charge on any atom is 0.332 e. The molecule has 4 heteroatoms. The van der Waals surface area contributed by atoms with Crippen molar-refractivity contribution >= 4 is 11.7 Å². The fraction of sp³-hybridized carbons (Fsp3) is 0.333. The number of nitrogens with one attached hydrogen (secondary N) is 1. The zero-order valence-electron chi connectivity index (χ0n) is 7.36. The second-order valence-electron chi connectivity index (χ2n) is 2.75. The first-order chi connectivity index (χ1) is 6.29. The third kappa shape index (κ3) is 4.10. The van der Waals surface area contributed by atoms with Gasteiger partial charge in [0.2, 0.25) is 0 Å². The molecule has 1 aliphatic carbocycles. The van der Waals surface area contributed by atoms with Gasteiger partial charge in [0.15, 0.2) is 0 Å². The molecule has 1 rings (SSSR count). The second kappa shape index (κ2) is 5.13. The molecule has 0 saturated carbocycles. The minimum atomic E-state index is -0.617. The Labute approximate surface area is 77.2 Å². The first kappa shape index (κ1) is 9.51. The van der Waals surface area contributed by atoms with Crippen molar-refractivity contribution < 1.29 is 4.79 Å². The zero-order chi connectivity index (χ0) is 9.52. The zero-order valence-corrected chi connectivity index (χ0v) is 7.36. The molecule has 0 saturated heterocycles. The number of nitrogens with two attached hydrogens (primary N) is 1. The van der Waals surface area contributed by atoms with E-state index in [0.29, 0.717) is 0 Å². The predicted octanol–water partition coefficient (Wildman–Crippen LogP) is 1.31. The van der Waals surface area contributed by atoms with Crippen LogP contribution in [0.1, 0.15) is 19.3 Å². The smallest absolute Gasteiger partial charge is 0.332 e. The quantitative estimate of drug-likeness (QED) is 0.585. The van der Waals surface area contributed by atoms with Gasteiger partial charge in [0.05, 0.1) is 0 Å². The van der Waals surface area contributed by atoms with Gasteiger partial charge < -0.3 is 5.73 Å². The summed E-state index contributed by atoms with van der Waals surface area (Å²) in [4.78, 5) is 10.4. The number of nitrogens with zero attached hydrogens (tertiary/aromatic N) is 1. The van der Waals surface area contributed by atoms with Crippen LogP contribution in [-0.2, 0) is 0 Å². The lowest BCUT2D eigenvalue weighted by Gasteiger charge is -2.03. The van der Waals surface area contributed by atoms with Crippen molar-refractivity contribution in [3.63, 3.8) is 0 Å². The molecule has 0 aromatic heterocycles. The molecule has 0 unspecified atom stereocenters. The van der Waals surface area contributed by atoms with E-state index in [2.05, 4.69) is 16.6 Å². The van der Waals surface area contributed by atoms with Gasteiger partial charge in [-0.15, -0.1) is 0 Å². The molecule has 4 nitrogen and oxygen atoms in total. The third-order valence-electron chi connectivity index (χ3n) is 1.66. The Balaban J connectivity index is 2.49. The second-order valence-corrected chi connectivity index (χ2v) is 2.75. The number of carbonyl (C=O) groups is 1. The number of rotatable bonds is 1. The van der Waals surface area contributed by atoms with Crippen LogP contribution in [0.15, 0.2) is 29.4 Å². The molecular weight excluding hydrogens is 166 g/mol. The van der Waals surface area contributed by atoms with Crippen molar-refractivity contribution in [3.05, 3.63) is 24.3 Å². The Morgan fingerprint density at radius 1 is 1.46 bits per heavy atom. The highest BCUT2D eigenvalue weighted by molar-refractivity contribution is 5.87.